The van der Waals surface area contributed by atoms with E-state index in [9.17, 15) is 73.5 Å². The number of Topliss-reactive ketones (excluding diaryl/α,β-unsaturated/α-hetero) is 6. The molecule has 0 radical (unpaired) electrons. The standard InChI is InChI=1S/C52H81NO13.C51H79NO13.CH4.I3/c1-31-17-13-12-14-18-32(2)43(62-9)29-39-22-20-37(7)52(60,66-39)49(57)50(58)53-24-16-15-19-40(53)51(59)65-44(34(4)27-38-21-23-42(61-8)45(28-38)63-10)30-41(54)33(3)26-36(6)47(56)48(64-11)46(55)35(5)25-31;1-30-16-12-11-13-17-31(2)42(61-8)28-38-21-19-36(7)51(60,65-38)48(57)49(58)52-23-15-14-18-39(52)50(59)64-43(33(4)26-37-20-22-40(53)44(27-37)62-9)29-41(54)32(3)25-35(6)46(56)47(63-10)45(55)34(5)24-30;;1-3-2/h12-14,17-18,26,31,33-35,37-40,42-45,47-48,56,60H,15-16,19-25,27-30H2,1-11H3;11-13,16-17,25,30,32-34,36-40,42-44,46-47,53,56,60H,14-15,18-24,26-29H2,1-10H3;1H4;/q;;;-1/b14-12+,17-13+,32-18+,36-26+;13-11+,16-12+,31-17+,35-25+;;/t31-,33-,34-,35-,37-,38+,39+,40+,42-,43+,44+,45-,47-,48+,52-;30-,32-,33-,34-,36-,37+,38+,39+,40-,42+,43+,44-,46-,47+,51-;;/m11../s1. The molecule has 2 saturated carbocycles. The van der Waals surface area contributed by atoms with E-state index in [0.717, 1.165) is 36.8 Å². The minimum atomic E-state index is -2.43. The predicted octanol–water partition coefficient (Wildman–Crippen LogP) is 12.4. The Labute approximate surface area is 834 Å². The third kappa shape index (κ3) is 34.9. The van der Waals surface area contributed by atoms with Gasteiger partial charge in [-0.1, -0.05) is 150 Å². The Kier molecular flexibility index (Phi) is 53.3. The normalized spacial score (nSPS) is 39.2. The van der Waals surface area contributed by atoms with E-state index in [2.05, 4.69) is 37.2 Å². The fourth-order valence-electron chi connectivity index (χ4n) is 20.5. The molecular formula is C104H164I3N2O26-. The van der Waals surface area contributed by atoms with Gasteiger partial charge < -0.3 is 87.4 Å². The number of rotatable bonds is 13. The van der Waals surface area contributed by atoms with Gasteiger partial charge in [0, 0.05) is 124 Å². The number of piperidine rings is 2. The van der Waals surface area contributed by atoms with E-state index in [-0.39, 0.29) is 123 Å². The van der Waals surface area contributed by atoms with Gasteiger partial charge in [-0.05, 0) is 214 Å². The van der Waals surface area contributed by atoms with Gasteiger partial charge in [-0.25, -0.2) is 9.59 Å². The summed E-state index contributed by atoms with van der Waals surface area (Å²) >= 11 is 5.30. The molecule has 135 heavy (non-hydrogen) atoms. The van der Waals surface area contributed by atoms with Crippen molar-refractivity contribution in [3.8, 4) is 0 Å². The minimum absolute atomic E-state index is 0. The van der Waals surface area contributed by atoms with Gasteiger partial charge in [0.15, 0.2) is 11.6 Å². The van der Waals surface area contributed by atoms with Gasteiger partial charge in [-0.2, -0.15) is 0 Å². The Morgan fingerprint density at radius 3 is 1.18 bits per heavy atom. The molecule has 0 aromatic rings. The topological polar surface area (TPSA) is 380 Å². The summed E-state index contributed by atoms with van der Waals surface area (Å²) < 4.78 is 64.7. The van der Waals surface area contributed by atoms with Crippen molar-refractivity contribution >= 4 is 95.7 Å². The first kappa shape index (κ1) is 121. The van der Waals surface area contributed by atoms with Gasteiger partial charge >= 0.3 is 62.4 Å². The summed E-state index contributed by atoms with van der Waals surface area (Å²) in [7, 11) is 10.8. The average molecular weight is 2240 g/mol. The molecule has 2 aliphatic carbocycles. The van der Waals surface area contributed by atoms with Crippen LogP contribution in [0.2, 0.25) is 0 Å². The molecule has 30 atom stereocenters. The van der Waals surface area contributed by atoms with Gasteiger partial charge in [-0.3, -0.25) is 38.4 Å². The number of allylic oxidation sites excluding steroid dienone is 12. The first-order valence-electron chi connectivity index (χ1n) is 48.5. The molecule has 6 heterocycles. The van der Waals surface area contributed by atoms with Crippen LogP contribution < -0.4 is 13.3 Å². The number of esters is 2. The van der Waals surface area contributed by atoms with Crippen molar-refractivity contribution in [2.75, 3.05) is 62.9 Å². The Morgan fingerprint density at radius 1 is 0.444 bits per heavy atom. The van der Waals surface area contributed by atoms with Crippen LogP contribution in [0.15, 0.2) is 95.2 Å². The quantitative estimate of drug-likeness (QED) is 0.0495. The summed E-state index contributed by atoms with van der Waals surface area (Å²) in [6, 6.07) is -2.26. The molecule has 6 fully saturated rings. The van der Waals surface area contributed by atoms with Crippen LogP contribution >= 0.6 is 37.2 Å². The van der Waals surface area contributed by atoms with Crippen LogP contribution in [0.4, 0.5) is 0 Å². The SMILES string of the molecule is C.CO[C@H]1C[C@@H]2CC[C@@H](C)[C@@](O)(O2)C(=O)C(=O)N2CCCC[C@H]2C(=O)O[C@H]([C@H](C)C[C@@H]2CC[C@@H](O)[C@H](OC)C2)CC(=O)[C@H](C)/C=C(\C)[C@@H](O)[C@@H](OC)C(=O)[C@H](C)C[C@H](C)/C=C/C=C/C=C/1C.CO[C@H]1C[C@@H]2CC[C@@H](C)[C@@](O)(O2)C(=O)C(=O)N2CCCC[C@H]2C(=O)O[C@H]([C@H](C)C[C@@H]2CC[C@@H](OC)[C@H](OC)C2)CC(=O)[C@H](C)/C=C(\C)[C@@H](O)[C@@H](OC)C(=O)[C@H](C)C[C@H](C)/C=C/C=C/C=C/1C.I[I-]I. The zero-order valence-corrected chi connectivity index (χ0v) is 89.8. The number of hydrogen-bond donors (Lipinski definition) is 5. The number of carbonyl (C=O) groups is 10. The van der Waals surface area contributed by atoms with Crippen LogP contribution in [-0.4, -0.2) is 266 Å². The first-order chi connectivity index (χ1) is 63.5. The number of methoxy groups -OCH3 is 7. The van der Waals surface area contributed by atoms with Crippen LogP contribution in [-0.2, 0) is 100 Å². The maximum absolute atomic E-state index is 14.4. The Morgan fingerprint density at radius 2 is 0.815 bits per heavy atom. The number of ketones is 6. The Hall–Kier alpha value is -4.55. The second-order valence-electron chi connectivity index (χ2n) is 39.4. The second-order valence-corrected chi connectivity index (χ2v) is 55.7. The van der Waals surface area contributed by atoms with Crippen LogP contribution in [0.3, 0.4) is 0 Å². The van der Waals surface area contributed by atoms with Gasteiger partial charge in [-0.15, -0.1) is 0 Å². The van der Waals surface area contributed by atoms with Crippen molar-refractivity contribution < 1.29 is 139 Å². The van der Waals surface area contributed by atoms with Crippen LogP contribution in [0.1, 0.15) is 258 Å². The third-order valence-electron chi connectivity index (χ3n) is 29.2. The van der Waals surface area contributed by atoms with Gasteiger partial charge in [0.2, 0.25) is 11.6 Å². The zero-order valence-electron chi connectivity index (χ0n) is 83.3. The summed E-state index contributed by atoms with van der Waals surface area (Å²) in [4.78, 5) is 144. The number of nitrogens with zero attached hydrogens (tertiary/aromatic N) is 2. The van der Waals surface area contributed by atoms with Crippen LogP contribution in [0, 0.1) is 71.0 Å². The number of ether oxygens (including phenoxy) is 11. The van der Waals surface area contributed by atoms with Crippen molar-refractivity contribution in [2.45, 2.75) is 368 Å². The number of amides is 2. The number of cyclic esters (lactones) is 2. The molecule has 5 N–H and O–H groups in total. The van der Waals surface area contributed by atoms with Crippen molar-refractivity contribution in [2.24, 2.45) is 71.0 Å². The summed E-state index contributed by atoms with van der Waals surface area (Å²) in [6.45, 7) is 25.6. The van der Waals surface area contributed by atoms with E-state index in [1.165, 1.54) is 24.0 Å². The molecule has 2 amide bonds. The molecule has 8 aliphatic rings. The fraction of sp³-hybridized carbons (Fsp3) is 0.750. The maximum atomic E-state index is 14.4. The monoisotopic (exact) mass is 2240 g/mol. The van der Waals surface area contributed by atoms with Crippen molar-refractivity contribution in [3.63, 3.8) is 0 Å². The van der Waals surface area contributed by atoms with Gasteiger partial charge in [0.25, 0.3) is 23.4 Å². The van der Waals surface area contributed by atoms with Crippen molar-refractivity contribution in [1.82, 2.24) is 9.80 Å². The summed E-state index contributed by atoms with van der Waals surface area (Å²) in [5.41, 5.74) is 2.55. The number of hydrogen-bond acceptors (Lipinski definition) is 26. The molecule has 4 saturated heterocycles. The van der Waals surface area contributed by atoms with E-state index in [1.807, 2.05) is 116 Å². The predicted molar refractivity (Wildman–Crippen MR) is 530 cm³/mol. The summed E-state index contributed by atoms with van der Waals surface area (Å²) in [5.74, 6) is -15.7. The van der Waals surface area contributed by atoms with Crippen molar-refractivity contribution in [1.29, 1.82) is 0 Å². The fourth-order valence-corrected chi connectivity index (χ4v) is 20.5. The third-order valence-corrected chi connectivity index (χ3v) is 29.2. The van der Waals surface area contributed by atoms with Crippen LogP contribution in [0.5, 0.6) is 0 Å². The van der Waals surface area contributed by atoms with E-state index < -0.39 is 162 Å². The summed E-state index contributed by atoms with van der Waals surface area (Å²) in [6.07, 6.45) is 23.9. The van der Waals surface area contributed by atoms with Gasteiger partial charge in [0.05, 0.1) is 48.8 Å². The average Bonchev–Trinajstić information content (AvgIpc) is 0.775. The molecule has 0 aromatic heterocycles. The van der Waals surface area contributed by atoms with Gasteiger partial charge in [0.1, 0.15) is 60.3 Å². The van der Waals surface area contributed by atoms with E-state index in [0.29, 0.717) is 127 Å². The summed E-state index contributed by atoms with van der Waals surface area (Å²) in [5, 5.41) is 57.2. The Balaban J connectivity index is 0.000000460. The Bertz CT molecular complexity index is 4070. The van der Waals surface area contributed by atoms with E-state index >= 15 is 0 Å². The number of halogens is 3. The van der Waals surface area contributed by atoms with Crippen molar-refractivity contribution in [3.05, 3.63) is 95.2 Å². The van der Waals surface area contributed by atoms with E-state index in [4.69, 9.17) is 52.1 Å². The molecule has 0 spiro atoms. The number of aliphatic hydroxyl groups is 5. The molecule has 0 aromatic carbocycles. The van der Waals surface area contributed by atoms with E-state index in [1.54, 1.807) is 89.2 Å². The number of aliphatic hydroxyl groups excluding tert-OH is 3. The zero-order chi connectivity index (χ0) is 99.8. The first-order valence-corrected chi connectivity index (χ1v) is 61.1. The number of carbonyl (C=O) groups excluding carboxylic acids is 10. The molecule has 768 valence electrons. The molecule has 8 rings (SSSR count). The molecule has 28 nitrogen and oxygen atoms in total. The van der Waals surface area contributed by atoms with Crippen LogP contribution in [0.25, 0.3) is 0 Å². The molecule has 31 heteroatoms. The number of fused-ring (bicyclic) bond motifs is 6. The molecule has 6 aliphatic heterocycles. The molecule has 0 unspecified atom stereocenters. The molecule has 4 bridgehead atoms. The second kappa shape index (κ2) is 59.5. The molecular weight excluding hydrogens is 2070 g/mol.